The lowest BCUT2D eigenvalue weighted by Gasteiger charge is -2.23. The Hall–Kier alpha value is -2.24. The lowest BCUT2D eigenvalue weighted by atomic mass is 10.0. The summed E-state index contributed by atoms with van der Waals surface area (Å²) in [7, 11) is 0. The third kappa shape index (κ3) is 4.21. The molecule has 1 fully saturated rings. The van der Waals surface area contributed by atoms with Crippen molar-refractivity contribution >= 4 is 32.6 Å². The molecule has 29 heavy (non-hydrogen) atoms. The molecule has 1 aliphatic rings. The normalized spacial score (nSPS) is 16.5. The molecule has 1 unspecified atom stereocenters. The fourth-order valence-corrected chi connectivity index (χ4v) is 5.08. The van der Waals surface area contributed by atoms with E-state index in [1.165, 1.54) is 11.1 Å². The van der Waals surface area contributed by atoms with Gasteiger partial charge in [0.15, 0.2) is 5.13 Å². The molecule has 4 nitrogen and oxygen atoms in total. The van der Waals surface area contributed by atoms with E-state index in [1.54, 1.807) is 11.3 Å². The van der Waals surface area contributed by atoms with Crippen LogP contribution in [0.4, 0.5) is 5.13 Å². The van der Waals surface area contributed by atoms with Crippen LogP contribution in [-0.4, -0.2) is 30.1 Å². The van der Waals surface area contributed by atoms with Gasteiger partial charge in [-0.15, -0.1) is 0 Å². The fourth-order valence-electron chi connectivity index (χ4n) is 3.94. The number of aromatic nitrogens is 1. The van der Waals surface area contributed by atoms with Gasteiger partial charge in [0.1, 0.15) is 0 Å². The molecule has 0 spiro atoms. The van der Waals surface area contributed by atoms with Gasteiger partial charge >= 0.3 is 0 Å². The summed E-state index contributed by atoms with van der Waals surface area (Å²) in [4.78, 5) is 20.2. The predicted octanol–water partition coefficient (Wildman–Crippen LogP) is 5.28. The van der Waals surface area contributed by atoms with Crippen molar-refractivity contribution in [2.24, 2.45) is 0 Å². The molecular weight excluding hydrogens is 380 g/mol. The summed E-state index contributed by atoms with van der Waals surface area (Å²) in [6, 6.07) is 10.5. The molecule has 2 heterocycles. The predicted molar refractivity (Wildman–Crippen MR) is 120 cm³/mol. The highest BCUT2D eigenvalue weighted by Gasteiger charge is 2.27. The Kier molecular flexibility index (Phi) is 5.70. The first-order valence-corrected chi connectivity index (χ1v) is 11.1. The average Bonchev–Trinajstić information content (AvgIpc) is 3.35. The number of rotatable bonds is 5. The lowest BCUT2D eigenvalue weighted by Crippen LogP contribution is -2.38. The van der Waals surface area contributed by atoms with Gasteiger partial charge in [0.05, 0.1) is 29.3 Å². The van der Waals surface area contributed by atoms with Gasteiger partial charge in [0, 0.05) is 6.61 Å². The summed E-state index contributed by atoms with van der Waals surface area (Å²) in [5.74, 6) is 0.0850. The number of ether oxygens (including phenoxy) is 1. The Labute approximate surface area is 176 Å². The molecule has 2 aromatic carbocycles. The van der Waals surface area contributed by atoms with Crippen LogP contribution in [0.1, 0.15) is 40.7 Å². The van der Waals surface area contributed by atoms with E-state index in [4.69, 9.17) is 9.72 Å². The maximum Gasteiger partial charge on any atom is 0.233 e. The Morgan fingerprint density at radius 1 is 1.14 bits per heavy atom. The number of benzene rings is 2. The van der Waals surface area contributed by atoms with Crippen LogP contribution in [0.3, 0.4) is 0 Å². The quantitative estimate of drug-likeness (QED) is 0.576. The van der Waals surface area contributed by atoms with Gasteiger partial charge in [-0.1, -0.05) is 47.2 Å². The van der Waals surface area contributed by atoms with Crippen molar-refractivity contribution in [3.63, 3.8) is 0 Å². The van der Waals surface area contributed by atoms with E-state index in [0.717, 1.165) is 51.5 Å². The van der Waals surface area contributed by atoms with E-state index in [0.29, 0.717) is 13.0 Å². The lowest BCUT2D eigenvalue weighted by molar-refractivity contribution is -0.118. The van der Waals surface area contributed by atoms with Crippen molar-refractivity contribution in [3.05, 3.63) is 58.1 Å². The maximum atomic E-state index is 13.4. The highest BCUT2D eigenvalue weighted by atomic mass is 32.1. The largest absolute Gasteiger partial charge is 0.376 e. The highest BCUT2D eigenvalue weighted by molar-refractivity contribution is 7.22. The molecule has 4 rings (SSSR count). The number of fused-ring (bicyclic) bond motifs is 1. The smallest absolute Gasteiger partial charge is 0.233 e. The Bertz CT molecular complexity index is 1010. The van der Waals surface area contributed by atoms with Crippen LogP contribution in [0.2, 0.25) is 0 Å². The van der Waals surface area contributed by atoms with E-state index >= 15 is 0 Å². The average molecular weight is 409 g/mol. The standard InChI is InChI=1S/C24H28N2O2S/c1-15-7-10-19(18(4)12-15)13-21(27)26(14-20-6-5-11-28-20)24-25-22-16(2)8-9-17(3)23(22)29-24/h7-10,12,20H,5-6,11,13-14H2,1-4H3. The van der Waals surface area contributed by atoms with E-state index in [2.05, 4.69) is 58.0 Å². The number of thiazole rings is 1. The van der Waals surface area contributed by atoms with Crippen molar-refractivity contribution in [2.45, 2.75) is 53.1 Å². The molecular formula is C24H28N2O2S. The molecule has 3 aromatic rings. The molecule has 1 aromatic heterocycles. The molecule has 0 bridgehead atoms. The number of amides is 1. The number of carbonyl (C=O) groups excluding carboxylic acids is 1. The molecule has 0 N–H and O–H groups in total. The summed E-state index contributed by atoms with van der Waals surface area (Å²) in [6.45, 7) is 9.68. The van der Waals surface area contributed by atoms with Gasteiger partial charge < -0.3 is 4.74 Å². The van der Waals surface area contributed by atoms with Crippen molar-refractivity contribution in [1.82, 2.24) is 4.98 Å². The second-order valence-corrected chi connectivity index (χ2v) is 9.10. The zero-order valence-electron chi connectivity index (χ0n) is 17.6. The highest BCUT2D eigenvalue weighted by Crippen LogP contribution is 2.34. The van der Waals surface area contributed by atoms with Crippen LogP contribution in [0, 0.1) is 27.7 Å². The first kappa shape index (κ1) is 20.0. The van der Waals surface area contributed by atoms with Crippen molar-refractivity contribution in [3.8, 4) is 0 Å². The van der Waals surface area contributed by atoms with Gasteiger partial charge in [0.25, 0.3) is 0 Å². The van der Waals surface area contributed by atoms with Gasteiger partial charge in [0.2, 0.25) is 5.91 Å². The molecule has 1 saturated heterocycles. The van der Waals surface area contributed by atoms with Gasteiger partial charge in [-0.05, 0) is 62.8 Å². The first-order valence-electron chi connectivity index (χ1n) is 10.3. The molecule has 0 saturated carbocycles. The topological polar surface area (TPSA) is 42.4 Å². The van der Waals surface area contributed by atoms with Crippen molar-refractivity contribution < 1.29 is 9.53 Å². The minimum Gasteiger partial charge on any atom is -0.376 e. The van der Waals surface area contributed by atoms with Crippen LogP contribution in [-0.2, 0) is 16.0 Å². The summed E-state index contributed by atoms with van der Waals surface area (Å²) < 4.78 is 7.01. The number of aryl methyl sites for hydroxylation is 4. The van der Waals surface area contributed by atoms with Gasteiger partial charge in [-0.2, -0.15) is 0 Å². The monoisotopic (exact) mass is 408 g/mol. The van der Waals surface area contributed by atoms with Crippen LogP contribution in [0.5, 0.6) is 0 Å². The van der Waals surface area contributed by atoms with E-state index < -0.39 is 0 Å². The van der Waals surface area contributed by atoms with E-state index in [1.807, 2.05) is 4.90 Å². The first-order chi connectivity index (χ1) is 13.9. The molecule has 1 aliphatic heterocycles. The zero-order chi connectivity index (χ0) is 20.5. The number of hydrogen-bond donors (Lipinski definition) is 0. The minimum absolute atomic E-state index is 0.0850. The number of carbonyl (C=O) groups is 1. The van der Waals surface area contributed by atoms with Crippen molar-refractivity contribution in [2.75, 3.05) is 18.1 Å². The van der Waals surface area contributed by atoms with Crippen LogP contribution >= 0.6 is 11.3 Å². The molecule has 1 atom stereocenters. The minimum atomic E-state index is 0.0850. The second kappa shape index (κ2) is 8.25. The van der Waals surface area contributed by atoms with Crippen molar-refractivity contribution in [1.29, 1.82) is 0 Å². The van der Waals surface area contributed by atoms with Crippen LogP contribution in [0.25, 0.3) is 10.2 Å². The zero-order valence-corrected chi connectivity index (χ0v) is 18.4. The Morgan fingerprint density at radius 2 is 1.93 bits per heavy atom. The number of hydrogen-bond acceptors (Lipinski definition) is 4. The Morgan fingerprint density at radius 3 is 2.62 bits per heavy atom. The molecule has 1 amide bonds. The molecule has 5 heteroatoms. The number of nitrogens with zero attached hydrogens (tertiary/aromatic N) is 2. The maximum absolute atomic E-state index is 13.4. The van der Waals surface area contributed by atoms with Gasteiger partial charge in [-0.3, -0.25) is 9.69 Å². The summed E-state index contributed by atoms with van der Waals surface area (Å²) in [6.07, 6.45) is 2.53. The van der Waals surface area contributed by atoms with Gasteiger partial charge in [-0.25, -0.2) is 4.98 Å². The van der Waals surface area contributed by atoms with Crippen LogP contribution in [0.15, 0.2) is 30.3 Å². The summed E-state index contributed by atoms with van der Waals surface area (Å²) >= 11 is 1.61. The SMILES string of the molecule is Cc1ccc(CC(=O)N(CC2CCCO2)c2nc3c(C)ccc(C)c3s2)c(C)c1. The molecule has 0 radical (unpaired) electrons. The third-order valence-electron chi connectivity index (χ3n) is 5.71. The molecule has 0 aliphatic carbocycles. The van der Waals surface area contributed by atoms with E-state index in [9.17, 15) is 4.79 Å². The van der Waals surface area contributed by atoms with E-state index in [-0.39, 0.29) is 12.0 Å². The summed E-state index contributed by atoms with van der Waals surface area (Å²) in [5.41, 5.74) is 6.80. The number of anilines is 1. The van der Waals surface area contributed by atoms with Crippen LogP contribution < -0.4 is 4.90 Å². The second-order valence-electron chi connectivity index (χ2n) is 8.12. The fraction of sp³-hybridized carbons (Fsp3) is 0.417. The Balaban J connectivity index is 1.68. The third-order valence-corrected chi connectivity index (χ3v) is 6.93. The summed E-state index contributed by atoms with van der Waals surface area (Å²) in [5, 5.41) is 0.780. The molecule has 152 valence electrons.